The summed E-state index contributed by atoms with van der Waals surface area (Å²) in [4.78, 5) is 22.1. The van der Waals surface area contributed by atoms with Gasteiger partial charge in [0.15, 0.2) is 0 Å². The number of nitrogens with zero attached hydrogens (tertiary/aromatic N) is 2. The minimum atomic E-state index is -0.209. The molecule has 4 nitrogen and oxygen atoms in total. The number of aromatic nitrogens is 2. The van der Waals surface area contributed by atoms with Crippen molar-refractivity contribution in [2.75, 3.05) is 5.32 Å². The average Bonchev–Trinajstić information content (AvgIpc) is 2.69. The van der Waals surface area contributed by atoms with Crippen LogP contribution in [0.1, 0.15) is 21.5 Å². The van der Waals surface area contributed by atoms with Crippen LogP contribution >= 0.6 is 15.9 Å². The van der Waals surface area contributed by atoms with Crippen molar-refractivity contribution in [2.24, 2.45) is 0 Å². The van der Waals surface area contributed by atoms with E-state index in [9.17, 15) is 4.79 Å². The van der Waals surface area contributed by atoms with Gasteiger partial charge in [-0.15, -0.1) is 0 Å². The second-order valence-corrected chi connectivity index (χ2v) is 7.62. The molecule has 0 radical (unpaired) electrons. The summed E-state index contributed by atoms with van der Waals surface area (Å²) in [6.07, 6.45) is 1.65. The third kappa shape index (κ3) is 3.66. The summed E-state index contributed by atoms with van der Waals surface area (Å²) in [6.45, 7) is 4.12. The molecule has 0 unspecified atom stereocenters. The van der Waals surface area contributed by atoms with Crippen molar-refractivity contribution in [3.8, 4) is 11.3 Å². The van der Waals surface area contributed by atoms with E-state index in [1.807, 2.05) is 36.4 Å². The largest absolute Gasteiger partial charge is 0.307 e. The van der Waals surface area contributed by atoms with Crippen molar-refractivity contribution in [3.63, 3.8) is 0 Å². The molecule has 1 N–H and O–H groups in total. The highest BCUT2D eigenvalue weighted by molar-refractivity contribution is 9.10. The van der Waals surface area contributed by atoms with Crippen LogP contribution in [0.25, 0.3) is 22.2 Å². The van der Waals surface area contributed by atoms with Gasteiger partial charge in [0.05, 0.1) is 16.8 Å². The van der Waals surface area contributed by atoms with Crippen LogP contribution in [0.2, 0.25) is 0 Å². The summed E-state index contributed by atoms with van der Waals surface area (Å²) < 4.78 is 0.858. The van der Waals surface area contributed by atoms with E-state index in [1.165, 1.54) is 5.56 Å². The Bertz CT molecular complexity index is 1190. The Kier molecular flexibility index (Phi) is 4.92. The number of carbonyl (C=O) groups is 1. The van der Waals surface area contributed by atoms with E-state index in [1.54, 1.807) is 12.3 Å². The number of benzene rings is 2. The van der Waals surface area contributed by atoms with Gasteiger partial charge in [-0.3, -0.25) is 4.79 Å². The monoisotopic (exact) mass is 431 g/mol. The Labute approximate surface area is 171 Å². The Morgan fingerprint density at radius 2 is 1.82 bits per heavy atom. The van der Waals surface area contributed by atoms with Gasteiger partial charge in [-0.25, -0.2) is 9.97 Å². The molecule has 0 saturated carbocycles. The molecule has 1 amide bonds. The fourth-order valence-corrected chi connectivity index (χ4v) is 3.47. The highest BCUT2D eigenvalue weighted by Crippen LogP contribution is 2.28. The third-order valence-corrected chi connectivity index (χ3v) is 5.06. The van der Waals surface area contributed by atoms with Crippen LogP contribution in [0.15, 0.2) is 71.3 Å². The van der Waals surface area contributed by atoms with Gasteiger partial charge in [-0.2, -0.15) is 0 Å². The third-order valence-electron chi connectivity index (χ3n) is 4.59. The summed E-state index contributed by atoms with van der Waals surface area (Å²) in [5.41, 5.74) is 5.49. The highest BCUT2D eigenvalue weighted by atomic mass is 79.9. The summed E-state index contributed by atoms with van der Waals surface area (Å²) in [7, 11) is 0. The predicted octanol–water partition coefficient (Wildman–Crippen LogP) is 5.93. The van der Waals surface area contributed by atoms with Gasteiger partial charge in [-0.05, 0) is 59.6 Å². The lowest BCUT2D eigenvalue weighted by atomic mass is 9.99. The number of carbonyl (C=O) groups excluding carboxylic acids is 1. The van der Waals surface area contributed by atoms with Gasteiger partial charge in [-0.1, -0.05) is 42.0 Å². The van der Waals surface area contributed by atoms with Crippen LogP contribution < -0.4 is 5.32 Å². The number of pyridine rings is 2. The number of nitrogens with one attached hydrogen (secondary N) is 1. The van der Waals surface area contributed by atoms with Crippen molar-refractivity contribution in [2.45, 2.75) is 13.8 Å². The first kappa shape index (κ1) is 18.3. The summed E-state index contributed by atoms with van der Waals surface area (Å²) in [6, 6.07) is 19.4. The lowest BCUT2D eigenvalue weighted by Gasteiger charge is -2.12. The zero-order chi connectivity index (χ0) is 19.7. The standard InChI is InChI=1S/C23H18BrN3O/c1-14-7-9-17(15(2)11-14)21-12-19(18-5-3-4-6-20(18)26-21)23(28)27-22-10-8-16(24)13-25-22/h3-13H,1-2H3,(H,25,27,28). The highest BCUT2D eigenvalue weighted by Gasteiger charge is 2.15. The second-order valence-electron chi connectivity index (χ2n) is 6.71. The minimum Gasteiger partial charge on any atom is -0.307 e. The van der Waals surface area contributed by atoms with Crippen LogP contribution in [0, 0.1) is 13.8 Å². The molecule has 0 aliphatic carbocycles. The van der Waals surface area contributed by atoms with Gasteiger partial charge in [0.25, 0.3) is 5.91 Å². The van der Waals surface area contributed by atoms with Crippen molar-refractivity contribution in [1.82, 2.24) is 9.97 Å². The molecule has 0 fully saturated rings. The van der Waals surface area contributed by atoms with Crippen molar-refractivity contribution in [3.05, 3.63) is 88.0 Å². The molecule has 0 aliphatic rings. The first-order valence-corrected chi connectivity index (χ1v) is 9.71. The Balaban J connectivity index is 1.82. The predicted molar refractivity (Wildman–Crippen MR) is 117 cm³/mol. The smallest absolute Gasteiger partial charge is 0.257 e. The quantitative estimate of drug-likeness (QED) is 0.437. The molecule has 0 spiro atoms. The molecule has 0 aliphatic heterocycles. The van der Waals surface area contributed by atoms with Gasteiger partial charge in [0, 0.05) is 21.6 Å². The number of halogens is 1. The van der Waals surface area contributed by atoms with E-state index in [0.29, 0.717) is 11.4 Å². The fourth-order valence-electron chi connectivity index (χ4n) is 3.24. The van der Waals surface area contributed by atoms with Crippen LogP contribution in [0.3, 0.4) is 0 Å². The number of anilines is 1. The lowest BCUT2D eigenvalue weighted by Crippen LogP contribution is -2.14. The number of hydrogen-bond acceptors (Lipinski definition) is 3. The normalized spacial score (nSPS) is 10.8. The summed E-state index contributed by atoms with van der Waals surface area (Å²) in [5.74, 6) is 0.293. The summed E-state index contributed by atoms with van der Waals surface area (Å²) >= 11 is 3.35. The van der Waals surface area contributed by atoms with E-state index in [4.69, 9.17) is 4.98 Å². The Morgan fingerprint density at radius 1 is 1.00 bits per heavy atom. The van der Waals surface area contributed by atoms with Crippen LogP contribution in [0.4, 0.5) is 5.82 Å². The molecule has 2 aromatic carbocycles. The number of para-hydroxylation sites is 1. The molecule has 0 atom stereocenters. The molecular weight excluding hydrogens is 414 g/mol. The van der Waals surface area contributed by atoms with E-state index < -0.39 is 0 Å². The molecule has 28 heavy (non-hydrogen) atoms. The van der Waals surface area contributed by atoms with Crippen LogP contribution in [-0.4, -0.2) is 15.9 Å². The van der Waals surface area contributed by atoms with Gasteiger partial charge in [0.1, 0.15) is 5.82 Å². The average molecular weight is 432 g/mol. The first-order chi connectivity index (χ1) is 13.5. The van der Waals surface area contributed by atoms with Crippen molar-refractivity contribution >= 4 is 38.6 Å². The molecule has 4 rings (SSSR count). The van der Waals surface area contributed by atoms with E-state index in [0.717, 1.165) is 32.2 Å². The topological polar surface area (TPSA) is 54.9 Å². The second kappa shape index (κ2) is 7.52. The molecule has 138 valence electrons. The number of rotatable bonds is 3. The number of amides is 1. The maximum atomic E-state index is 13.0. The number of fused-ring (bicyclic) bond motifs is 1. The van der Waals surface area contributed by atoms with Gasteiger partial charge >= 0.3 is 0 Å². The van der Waals surface area contributed by atoms with E-state index in [2.05, 4.69) is 58.3 Å². The fraction of sp³-hybridized carbons (Fsp3) is 0.0870. The zero-order valence-electron chi connectivity index (χ0n) is 15.5. The Hall–Kier alpha value is -3.05. The van der Waals surface area contributed by atoms with Gasteiger partial charge in [0.2, 0.25) is 0 Å². The van der Waals surface area contributed by atoms with E-state index in [-0.39, 0.29) is 5.91 Å². The van der Waals surface area contributed by atoms with Crippen LogP contribution in [-0.2, 0) is 0 Å². The zero-order valence-corrected chi connectivity index (χ0v) is 17.1. The van der Waals surface area contributed by atoms with Gasteiger partial charge < -0.3 is 5.32 Å². The first-order valence-electron chi connectivity index (χ1n) is 8.91. The molecule has 5 heteroatoms. The SMILES string of the molecule is Cc1ccc(-c2cc(C(=O)Nc3ccc(Br)cn3)c3ccccc3n2)c(C)c1. The number of aryl methyl sites for hydroxylation is 2. The molecule has 2 heterocycles. The minimum absolute atomic E-state index is 0.209. The number of hydrogen-bond donors (Lipinski definition) is 1. The molecule has 0 saturated heterocycles. The molecule has 2 aromatic heterocycles. The molecular formula is C23H18BrN3O. The lowest BCUT2D eigenvalue weighted by molar-refractivity contribution is 0.102. The Morgan fingerprint density at radius 3 is 2.57 bits per heavy atom. The molecule has 4 aromatic rings. The van der Waals surface area contributed by atoms with Crippen LogP contribution in [0.5, 0.6) is 0 Å². The van der Waals surface area contributed by atoms with Crippen molar-refractivity contribution in [1.29, 1.82) is 0 Å². The van der Waals surface area contributed by atoms with E-state index >= 15 is 0 Å². The summed E-state index contributed by atoms with van der Waals surface area (Å²) in [5, 5.41) is 3.69. The maximum Gasteiger partial charge on any atom is 0.257 e. The van der Waals surface area contributed by atoms with Crippen molar-refractivity contribution < 1.29 is 4.79 Å². The maximum absolute atomic E-state index is 13.0. The molecule has 0 bridgehead atoms.